The molecule has 102 valence electrons. The molecular weight excluding hydrogens is 259 g/mol. The van der Waals surface area contributed by atoms with Crippen molar-refractivity contribution in [1.82, 2.24) is 0 Å². The number of carbonyl (C=O) groups is 1. The Bertz CT molecular complexity index is 529. The molecule has 0 spiro atoms. The monoisotopic (exact) mass is 278 g/mol. The van der Waals surface area contributed by atoms with Gasteiger partial charge in [0.05, 0.1) is 10.3 Å². The van der Waals surface area contributed by atoms with Crippen LogP contribution in [0.5, 0.6) is 0 Å². The molecular formula is C15H19O3P. The molecule has 19 heavy (non-hydrogen) atoms. The van der Waals surface area contributed by atoms with E-state index in [0.29, 0.717) is 0 Å². The van der Waals surface area contributed by atoms with Crippen molar-refractivity contribution in [2.45, 2.75) is 50.6 Å². The number of hydrogen-bond acceptors (Lipinski definition) is 2. The van der Waals surface area contributed by atoms with E-state index in [-0.39, 0.29) is 0 Å². The molecule has 0 heterocycles. The lowest BCUT2D eigenvalue weighted by Crippen LogP contribution is -2.40. The SMILES string of the molecule is C#CC(C)(C)P(=O)(C(C#CC)C(=O)O)C(C)(C)C#C. The molecule has 3 nitrogen and oxygen atoms in total. The zero-order chi connectivity index (χ0) is 15.5. The zero-order valence-electron chi connectivity index (χ0n) is 11.9. The Balaban J connectivity index is 6.48. The van der Waals surface area contributed by atoms with Crippen LogP contribution in [0.3, 0.4) is 0 Å². The molecule has 0 aliphatic rings. The van der Waals surface area contributed by atoms with Gasteiger partial charge >= 0.3 is 5.97 Å². The molecule has 0 bridgehead atoms. The van der Waals surface area contributed by atoms with E-state index in [0.717, 1.165) is 0 Å². The first-order valence-electron chi connectivity index (χ1n) is 5.72. The lowest BCUT2D eigenvalue weighted by Gasteiger charge is -2.41. The normalized spacial score (nSPS) is 13.4. The maximum absolute atomic E-state index is 13.5. The van der Waals surface area contributed by atoms with Crippen LogP contribution in [0.25, 0.3) is 0 Å². The number of carboxylic acids is 1. The van der Waals surface area contributed by atoms with Crippen LogP contribution in [0.2, 0.25) is 0 Å². The molecule has 0 aromatic heterocycles. The number of carboxylic acid groups (broad SMARTS) is 1. The molecule has 1 unspecified atom stereocenters. The maximum atomic E-state index is 13.5. The molecule has 1 N–H and O–H groups in total. The summed E-state index contributed by atoms with van der Waals surface area (Å²) in [6.07, 6.45) is 10.9. The number of hydrogen-bond donors (Lipinski definition) is 1. The van der Waals surface area contributed by atoms with E-state index in [4.69, 9.17) is 12.8 Å². The fraction of sp³-hybridized carbons (Fsp3) is 0.533. The summed E-state index contributed by atoms with van der Waals surface area (Å²) in [5, 5.41) is 7.03. The highest BCUT2D eigenvalue weighted by Gasteiger charge is 2.57. The molecule has 4 heteroatoms. The van der Waals surface area contributed by atoms with E-state index in [1.54, 1.807) is 27.7 Å². The number of aliphatic carboxylic acids is 1. The Morgan fingerprint density at radius 3 is 1.74 bits per heavy atom. The van der Waals surface area contributed by atoms with E-state index in [1.807, 2.05) is 0 Å². The molecule has 0 radical (unpaired) electrons. The van der Waals surface area contributed by atoms with Crippen molar-refractivity contribution in [3.63, 3.8) is 0 Å². The van der Waals surface area contributed by atoms with Gasteiger partial charge in [0.1, 0.15) is 7.14 Å². The topological polar surface area (TPSA) is 54.4 Å². The molecule has 0 saturated heterocycles. The van der Waals surface area contributed by atoms with Crippen LogP contribution in [0.4, 0.5) is 0 Å². The van der Waals surface area contributed by atoms with Crippen molar-refractivity contribution in [2.75, 3.05) is 0 Å². The Hall–Kier alpha value is -1.62. The summed E-state index contributed by atoms with van der Waals surface area (Å²) in [6, 6.07) is 0. The summed E-state index contributed by atoms with van der Waals surface area (Å²) >= 11 is 0. The van der Waals surface area contributed by atoms with Crippen LogP contribution in [0.15, 0.2) is 0 Å². The second-order valence-corrected chi connectivity index (χ2v) is 9.27. The number of rotatable bonds is 4. The lowest BCUT2D eigenvalue weighted by atomic mass is 10.2. The maximum Gasteiger partial charge on any atom is 0.326 e. The van der Waals surface area contributed by atoms with Gasteiger partial charge in [-0.2, -0.15) is 0 Å². The first-order chi connectivity index (χ1) is 8.51. The van der Waals surface area contributed by atoms with E-state index >= 15 is 0 Å². The average Bonchev–Trinajstić information content (AvgIpc) is 2.34. The summed E-state index contributed by atoms with van der Waals surface area (Å²) in [4.78, 5) is 11.4. The van der Waals surface area contributed by atoms with Crippen molar-refractivity contribution < 1.29 is 14.5 Å². The molecule has 0 aromatic carbocycles. The Morgan fingerprint density at radius 2 is 1.53 bits per heavy atom. The Labute approximate surface area is 115 Å². The predicted octanol–water partition coefficient (Wildman–Crippen LogP) is 2.65. The molecule has 0 amide bonds. The fourth-order valence-corrected chi connectivity index (χ4v) is 5.68. The van der Waals surface area contributed by atoms with E-state index in [9.17, 15) is 14.5 Å². The van der Waals surface area contributed by atoms with Gasteiger partial charge in [0.15, 0.2) is 5.66 Å². The molecule has 1 atom stereocenters. The molecule has 0 aliphatic carbocycles. The van der Waals surface area contributed by atoms with Gasteiger partial charge in [-0.1, -0.05) is 17.8 Å². The molecule has 0 saturated carbocycles. The highest BCUT2D eigenvalue weighted by Crippen LogP contribution is 2.69. The van der Waals surface area contributed by atoms with E-state index < -0.39 is 29.1 Å². The van der Waals surface area contributed by atoms with Gasteiger partial charge in [-0.25, -0.2) is 0 Å². The van der Waals surface area contributed by atoms with E-state index in [1.165, 1.54) is 6.92 Å². The third-order valence-corrected chi connectivity index (χ3v) is 7.90. The Kier molecular flexibility index (Phi) is 5.09. The van der Waals surface area contributed by atoms with Gasteiger partial charge in [0.2, 0.25) is 0 Å². The summed E-state index contributed by atoms with van der Waals surface area (Å²) in [5.41, 5.74) is -1.37. The van der Waals surface area contributed by atoms with Crippen LogP contribution in [-0.2, 0) is 9.36 Å². The van der Waals surface area contributed by atoms with Crippen LogP contribution < -0.4 is 0 Å². The third kappa shape index (κ3) is 2.71. The lowest BCUT2D eigenvalue weighted by molar-refractivity contribution is -0.135. The first kappa shape index (κ1) is 17.4. The van der Waals surface area contributed by atoms with Crippen LogP contribution >= 0.6 is 7.14 Å². The van der Waals surface area contributed by atoms with Crippen molar-refractivity contribution in [3.05, 3.63) is 0 Å². The van der Waals surface area contributed by atoms with Gasteiger partial charge < -0.3 is 9.67 Å². The molecule has 0 rings (SSSR count). The average molecular weight is 278 g/mol. The van der Waals surface area contributed by atoms with Crippen molar-refractivity contribution >= 4 is 13.1 Å². The first-order valence-corrected chi connectivity index (χ1v) is 7.50. The highest BCUT2D eigenvalue weighted by molar-refractivity contribution is 7.69. The standard InChI is InChI=1S/C15H19O3P/c1-8-11-12(13(16)17)19(18,14(4,5)9-2)15(6,7)10-3/h2-3,12H,1,4-7H3,(H,16,17). The molecule has 0 aromatic rings. The second kappa shape index (κ2) is 5.57. The number of terminal acetylenes is 2. The van der Waals surface area contributed by atoms with Crippen LogP contribution in [-0.4, -0.2) is 27.0 Å². The summed E-state index contributed by atoms with van der Waals surface area (Å²) in [7, 11) is -3.55. The summed E-state index contributed by atoms with van der Waals surface area (Å²) in [5.74, 6) is 8.60. The van der Waals surface area contributed by atoms with Crippen LogP contribution in [0, 0.1) is 36.5 Å². The minimum absolute atomic E-state index is 1.16. The van der Waals surface area contributed by atoms with Gasteiger partial charge in [0.25, 0.3) is 0 Å². The van der Waals surface area contributed by atoms with E-state index in [2.05, 4.69) is 23.7 Å². The molecule has 0 fully saturated rings. The largest absolute Gasteiger partial charge is 0.480 e. The van der Waals surface area contributed by atoms with Gasteiger partial charge in [-0.05, 0) is 34.6 Å². The Morgan fingerprint density at radius 1 is 1.16 bits per heavy atom. The summed E-state index contributed by atoms with van der Waals surface area (Å²) < 4.78 is 13.5. The van der Waals surface area contributed by atoms with Crippen molar-refractivity contribution in [1.29, 1.82) is 0 Å². The van der Waals surface area contributed by atoms with Crippen molar-refractivity contribution in [2.24, 2.45) is 0 Å². The predicted molar refractivity (Wildman–Crippen MR) is 78.3 cm³/mol. The van der Waals surface area contributed by atoms with Gasteiger partial charge in [-0.3, -0.25) is 4.79 Å². The molecule has 0 aliphatic heterocycles. The smallest absolute Gasteiger partial charge is 0.326 e. The fourth-order valence-electron chi connectivity index (χ4n) is 1.98. The minimum atomic E-state index is -3.55. The van der Waals surface area contributed by atoms with Crippen LogP contribution in [0.1, 0.15) is 34.6 Å². The third-order valence-electron chi connectivity index (χ3n) is 3.25. The summed E-state index contributed by atoms with van der Waals surface area (Å²) in [6.45, 7) is 7.77. The zero-order valence-corrected chi connectivity index (χ0v) is 12.8. The second-order valence-electron chi connectivity index (χ2n) is 5.20. The quantitative estimate of drug-likeness (QED) is 0.635. The van der Waals surface area contributed by atoms with Gasteiger partial charge in [-0.15, -0.1) is 18.8 Å². The van der Waals surface area contributed by atoms with Crippen molar-refractivity contribution in [3.8, 4) is 36.5 Å². The highest BCUT2D eigenvalue weighted by atomic mass is 31.2. The minimum Gasteiger partial charge on any atom is -0.480 e. The van der Waals surface area contributed by atoms with Gasteiger partial charge in [0, 0.05) is 0 Å².